The van der Waals surface area contributed by atoms with Crippen LogP contribution in [-0.2, 0) is 9.53 Å². The summed E-state index contributed by atoms with van der Waals surface area (Å²) in [6.45, 7) is 1.02. The molecule has 156 valence electrons. The molecule has 6 nitrogen and oxygen atoms in total. The molecule has 7 heteroatoms. The molecular weight excluding hydrogens is 455 g/mol. The third-order valence-electron chi connectivity index (χ3n) is 6.17. The zero-order valence-corrected chi connectivity index (χ0v) is 19.3. The Morgan fingerprint density at radius 1 is 1.04 bits per heavy atom. The number of hydrogen-bond acceptors (Lipinski definition) is 3. The van der Waals surface area contributed by atoms with E-state index >= 15 is 0 Å². The minimum Gasteiger partial charge on any atom is -0.375 e. The number of hydrogen-bond donors (Lipinski definition) is 2. The highest BCUT2D eigenvalue weighted by Crippen LogP contribution is 2.39. The van der Waals surface area contributed by atoms with Gasteiger partial charge in [-0.15, -0.1) is 24.0 Å². The first-order valence-corrected chi connectivity index (χ1v) is 10.5. The Morgan fingerprint density at radius 3 is 2.37 bits per heavy atom. The molecule has 3 aliphatic rings. The van der Waals surface area contributed by atoms with E-state index < -0.39 is 0 Å². The predicted octanol–water partition coefficient (Wildman–Crippen LogP) is 3.05. The Labute approximate surface area is 181 Å². The first kappa shape index (κ1) is 22.7. The minimum atomic E-state index is 0. The van der Waals surface area contributed by atoms with Gasteiger partial charge in [-0.25, -0.2) is 4.99 Å². The summed E-state index contributed by atoms with van der Waals surface area (Å²) in [7, 11) is 3.56. The quantitative estimate of drug-likeness (QED) is 0.360. The van der Waals surface area contributed by atoms with Crippen molar-refractivity contribution in [3.8, 4) is 0 Å². The summed E-state index contributed by atoms with van der Waals surface area (Å²) in [5, 5.41) is 7.24. The summed E-state index contributed by atoms with van der Waals surface area (Å²) in [6, 6.07) is 0.857. The zero-order valence-electron chi connectivity index (χ0n) is 17.0. The first-order valence-electron chi connectivity index (χ1n) is 10.5. The fourth-order valence-corrected chi connectivity index (χ4v) is 4.57. The third-order valence-corrected chi connectivity index (χ3v) is 6.17. The second-order valence-corrected chi connectivity index (χ2v) is 8.50. The number of nitrogens with one attached hydrogen (secondary N) is 2. The third kappa shape index (κ3) is 6.76. The Bertz CT molecular complexity index is 500. The van der Waals surface area contributed by atoms with Crippen molar-refractivity contribution in [1.82, 2.24) is 15.5 Å². The van der Waals surface area contributed by atoms with Gasteiger partial charge < -0.3 is 20.3 Å². The maximum Gasteiger partial charge on any atom is 0.243 e. The molecule has 2 aliphatic carbocycles. The highest BCUT2D eigenvalue weighted by atomic mass is 127. The van der Waals surface area contributed by atoms with Crippen LogP contribution in [0.1, 0.15) is 70.6 Å². The van der Waals surface area contributed by atoms with Gasteiger partial charge >= 0.3 is 0 Å². The molecule has 1 saturated heterocycles. The lowest BCUT2D eigenvalue weighted by Gasteiger charge is -2.39. The number of ether oxygens (including phenoxy) is 1. The monoisotopic (exact) mass is 492 g/mol. The Hall–Kier alpha value is -0.570. The van der Waals surface area contributed by atoms with E-state index in [1.807, 2.05) is 0 Å². The second-order valence-electron chi connectivity index (χ2n) is 8.50. The van der Waals surface area contributed by atoms with Crippen LogP contribution in [-0.4, -0.2) is 61.7 Å². The second kappa shape index (κ2) is 10.8. The average molecular weight is 492 g/mol. The van der Waals surface area contributed by atoms with Crippen LogP contribution in [0, 0.1) is 0 Å². The van der Waals surface area contributed by atoms with Crippen LogP contribution in [0.4, 0.5) is 0 Å². The smallest absolute Gasteiger partial charge is 0.243 e. The van der Waals surface area contributed by atoms with Crippen molar-refractivity contribution >= 4 is 35.8 Å². The summed E-state index contributed by atoms with van der Waals surface area (Å²) in [5.74, 6) is 0.848. The van der Waals surface area contributed by atoms with Gasteiger partial charge in [-0.1, -0.05) is 32.1 Å². The number of carbonyl (C=O) groups is 1. The zero-order chi connectivity index (χ0) is 18.4. The van der Waals surface area contributed by atoms with E-state index in [1.165, 1.54) is 57.8 Å². The first-order chi connectivity index (χ1) is 12.6. The van der Waals surface area contributed by atoms with E-state index in [9.17, 15) is 4.79 Å². The molecule has 27 heavy (non-hydrogen) atoms. The van der Waals surface area contributed by atoms with E-state index in [-0.39, 0.29) is 42.0 Å². The maximum atomic E-state index is 12.0. The molecule has 1 spiro atoms. The van der Waals surface area contributed by atoms with Crippen molar-refractivity contribution in [2.24, 2.45) is 4.99 Å². The molecule has 1 aliphatic heterocycles. The number of amides is 1. The average Bonchev–Trinajstić information content (AvgIpc) is 3.07. The largest absolute Gasteiger partial charge is 0.375 e. The lowest BCUT2D eigenvalue weighted by Crippen LogP contribution is -2.52. The molecule has 2 N–H and O–H groups in total. The van der Waals surface area contributed by atoms with E-state index in [2.05, 4.69) is 15.6 Å². The van der Waals surface area contributed by atoms with Gasteiger partial charge in [0.1, 0.15) is 6.54 Å². The number of rotatable bonds is 4. The van der Waals surface area contributed by atoms with Crippen molar-refractivity contribution in [1.29, 1.82) is 0 Å². The normalized spacial score (nSPS) is 25.7. The molecule has 2 saturated carbocycles. The molecule has 3 rings (SSSR count). The fourth-order valence-electron chi connectivity index (χ4n) is 4.57. The van der Waals surface area contributed by atoms with E-state index in [4.69, 9.17) is 4.74 Å². The molecular formula is C20H37IN4O2. The number of aliphatic imine (C=N–C) groups is 1. The lowest BCUT2D eigenvalue weighted by atomic mass is 9.89. The number of halogens is 1. The van der Waals surface area contributed by atoms with Crippen molar-refractivity contribution in [3.05, 3.63) is 0 Å². The number of carbonyl (C=O) groups excluding carboxylic acids is 1. The molecule has 0 aromatic heterocycles. The molecule has 1 atom stereocenters. The van der Waals surface area contributed by atoms with Crippen molar-refractivity contribution < 1.29 is 9.53 Å². The number of nitrogens with zero attached hydrogens (tertiary/aromatic N) is 2. The van der Waals surface area contributed by atoms with Crippen LogP contribution < -0.4 is 10.6 Å². The van der Waals surface area contributed by atoms with Gasteiger partial charge in [0.15, 0.2) is 5.96 Å². The molecule has 0 bridgehead atoms. The minimum absolute atomic E-state index is 0. The van der Waals surface area contributed by atoms with Gasteiger partial charge in [0, 0.05) is 32.8 Å². The van der Waals surface area contributed by atoms with Crippen LogP contribution in [0.15, 0.2) is 4.99 Å². The van der Waals surface area contributed by atoms with Gasteiger partial charge in [0.2, 0.25) is 5.91 Å². The van der Waals surface area contributed by atoms with E-state index in [0.717, 1.165) is 25.4 Å². The van der Waals surface area contributed by atoms with Gasteiger partial charge in [0.05, 0.1) is 5.60 Å². The Kier molecular flexibility index (Phi) is 9.11. The predicted molar refractivity (Wildman–Crippen MR) is 120 cm³/mol. The molecule has 1 heterocycles. The van der Waals surface area contributed by atoms with Crippen LogP contribution in [0.5, 0.6) is 0 Å². The van der Waals surface area contributed by atoms with Crippen molar-refractivity contribution in [2.75, 3.05) is 27.2 Å². The highest BCUT2D eigenvalue weighted by Gasteiger charge is 2.40. The lowest BCUT2D eigenvalue weighted by molar-refractivity contribution is -0.127. The van der Waals surface area contributed by atoms with Crippen LogP contribution in [0.3, 0.4) is 0 Å². The summed E-state index contributed by atoms with van der Waals surface area (Å²) in [5.41, 5.74) is 0.0886. The van der Waals surface area contributed by atoms with E-state index in [1.54, 1.807) is 19.0 Å². The van der Waals surface area contributed by atoms with Gasteiger partial charge in [0.25, 0.3) is 0 Å². The molecule has 0 aromatic rings. The van der Waals surface area contributed by atoms with Crippen LogP contribution in [0.25, 0.3) is 0 Å². The summed E-state index contributed by atoms with van der Waals surface area (Å²) in [4.78, 5) is 18.2. The Balaban J connectivity index is 0.00000261. The molecule has 0 aromatic carbocycles. The molecule has 0 radical (unpaired) electrons. The van der Waals surface area contributed by atoms with Crippen LogP contribution >= 0.6 is 24.0 Å². The summed E-state index contributed by atoms with van der Waals surface area (Å²) >= 11 is 0. The molecule has 1 unspecified atom stereocenters. The topological polar surface area (TPSA) is 66.0 Å². The van der Waals surface area contributed by atoms with Gasteiger partial charge in [-0.3, -0.25) is 4.79 Å². The van der Waals surface area contributed by atoms with Gasteiger partial charge in [-0.2, -0.15) is 0 Å². The maximum absolute atomic E-state index is 12.0. The fraction of sp³-hybridized carbons (Fsp3) is 0.900. The number of guanidine groups is 1. The highest BCUT2D eigenvalue weighted by molar-refractivity contribution is 14.0. The van der Waals surface area contributed by atoms with E-state index in [0.29, 0.717) is 12.1 Å². The SMILES string of the molecule is CN(C)C(=O)CN=C(NC1CCCCC1)NC1CCOC2(CCCC2)C1.I. The van der Waals surface area contributed by atoms with Crippen molar-refractivity contribution in [3.63, 3.8) is 0 Å². The standard InChI is InChI=1S/C20H36N4O2.HI/c1-24(2)18(25)15-21-19(22-16-8-4-3-5-9-16)23-17-10-13-26-20(14-17)11-6-7-12-20;/h16-17H,3-15H2,1-2H3,(H2,21,22,23);1H. The Morgan fingerprint density at radius 2 is 1.70 bits per heavy atom. The molecule has 1 amide bonds. The van der Waals surface area contributed by atoms with Gasteiger partial charge in [-0.05, 0) is 38.5 Å². The van der Waals surface area contributed by atoms with Crippen LogP contribution in [0.2, 0.25) is 0 Å². The van der Waals surface area contributed by atoms with Crippen molar-refractivity contribution in [2.45, 2.75) is 88.3 Å². The summed E-state index contributed by atoms with van der Waals surface area (Å²) < 4.78 is 6.16. The number of likely N-dealkylation sites (N-methyl/N-ethyl adjacent to an activating group) is 1. The molecule has 3 fully saturated rings. The summed E-state index contributed by atoms with van der Waals surface area (Å²) in [6.07, 6.45) is 13.3.